The van der Waals surface area contributed by atoms with Gasteiger partial charge in [0.2, 0.25) is 0 Å². The zero-order chi connectivity index (χ0) is 20.3. The van der Waals surface area contributed by atoms with Crippen molar-refractivity contribution in [2.75, 3.05) is 11.9 Å². The maximum atomic E-state index is 12.3. The molecule has 0 aliphatic heterocycles. The third-order valence-electron chi connectivity index (χ3n) is 3.87. The van der Waals surface area contributed by atoms with Crippen LogP contribution >= 0.6 is 0 Å². The van der Waals surface area contributed by atoms with Crippen LogP contribution in [0.25, 0.3) is 5.95 Å². The van der Waals surface area contributed by atoms with Crippen LogP contribution in [0.15, 0.2) is 36.5 Å². The van der Waals surface area contributed by atoms with Crippen molar-refractivity contribution >= 4 is 23.4 Å². The summed E-state index contributed by atoms with van der Waals surface area (Å²) in [4.78, 5) is 32.0. The molecule has 2 heterocycles. The molecule has 0 spiro atoms. The summed E-state index contributed by atoms with van der Waals surface area (Å²) >= 11 is 0. The molecule has 9 nitrogen and oxygen atoms in total. The van der Waals surface area contributed by atoms with Gasteiger partial charge in [-0.3, -0.25) is 0 Å². The van der Waals surface area contributed by atoms with Crippen molar-refractivity contribution in [2.24, 2.45) is 0 Å². The Kier molecular flexibility index (Phi) is 5.35. The Morgan fingerprint density at radius 3 is 2.50 bits per heavy atom. The molecule has 3 rings (SSSR count). The Morgan fingerprint density at radius 2 is 1.93 bits per heavy atom. The topological polar surface area (TPSA) is 119 Å². The lowest BCUT2D eigenvalue weighted by Gasteiger charge is -2.12. The number of nitrogens with zero attached hydrogens (tertiary/aromatic N) is 4. The molecular weight excluding hydrogens is 362 g/mol. The minimum Gasteiger partial charge on any atom is -0.478 e. The average molecular weight is 381 g/mol. The van der Waals surface area contributed by atoms with Crippen molar-refractivity contribution in [3.63, 3.8) is 0 Å². The third kappa shape index (κ3) is 3.98. The van der Waals surface area contributed by atoms with Crippen LogP contribution in [0, 0.1) is 13.8 Å². The van der Waals surface area contributed by atoms with E-state index in [2.05, 4.69) is 20.4 Å². The number of aromatic nitrogens is 4. The zero-order valence-electron chi connectivity index (χ0n) is 15.6. The zero-order valence-corrected chi connectivity index (χ0v) is 15.6. The maximum Gasteiger partial charge on any atom is 0.343 e. The van der Waals surface area contributed by atoms with Crippen LogP contribution in [0.3, 0.4) is 0 Å². The number of carboxylic acid groups (broad SMARTS) is 1. The van der Waals surface area contributed by atoms with Crippen molar-refractivity contribution < 1.29 is 19.4 Å². The van der Waals surface area contributed by atoms with Crippen molar-refractivity contribution in [3.8, 4) is 5.95 Å². The molecule has 0 fully saturated rings. The molecule has 0 saturated heterocycles. The second-order valence-electron chi connectivity index (χ2n) is 6.00. The van der Waals surface area contributed by atoms with Gasteiger partial charge in [0.1, 0.15) is 5.56 Å². The number of aromatic carboxylic acids is 1. The summed E-state index contributed by atoms with van der Waals surface area (Å²) < 4.78 is 6.64. The van der Waals surface area contributed by atoms with E-state index < -0.39 is 11.9 Å². The number of ether oxygens (including phenoxy) is 1. The summed E-state index contributed by atoms with van der Waals surface area (Å²) in [5.74, 6) is -1.05. The lowest BCUT2D eigenvalue weighted by atomic mass is 10.2. The molecule has 144 valence electrons. The van der Waals surface area contributed by atoms with Gasteiger partial charge in [-0.05, 0) is 51.1 Å². The number of carbonyl (C=O) groups excluding carboxylic acids is 1. The molecule has 0 aliphatic rings. The summed E-state index contributed by atoms with van der Waals surface area (Å²) in [6.45, 7) is 5.66. The molecular formula is C19H19N5O4. The quantitative estimate of drug-likeness (QED) is 0.626. The Hall–Kier alpha value is -3.75. The van der Waals surface area contributed by atoms with Crippen LogP contribution in [-0.2, 0) is 4.74 Å². The van der Waals surface area contributed by atoms with E-state index in [4.69, 9.17) is 9.84 Å². The van der Waals surface area contributed by atoms with Gasteiger partial charge in [0.25, 0.3) is 5.95 Å². The monoisotopic (exact) mass is 381 g/mol. The first-order valence-corrected chi connectivity index (χ1v) is 8.57. The molecule has 0 saturated carbocycles. The Bertz CT molecular complexity index is 1030. The molecule has 9 heteroatoms. The van der Waals surface area contributed by atoms with E-state index in [1.165, 1.54) is 18.3 Å². The van der Waals surface area contributed by atoms with Gasteiger partial charge in [-0.25, -0.2) is 19.3 Å². The predicted molar refractivity (Wildman–Crippen MR) is 101 cm³/mol. The highest BCUT2D eigenvalue weighted by Gasteiger charge is 2.18. The summed E-state index contributed by atoms with van der Waals surface area (Å²) in [6, 6.07) is 7.98. The molecule has 0 amide bonds. The SMILES string of the molecule is CCOC(=O)c1cnc(-n2nc(C)cc2C)nc1Nc1ccc(C(=O)O)cc1. The first-order valence-electron chi connectivity index (χ1n) is 8.57. The lowest BCUT2D eigenvalue weighted by Crippen LogP contribution is -2.13. The largest absolute Gasteiger partial charge is 0.478 e. The highest BCUT2D eigenvalue weighted by molar-refractivity contribution is 5.95. The van der Waals surface area contributed by atoms with Gasteiger partial charge in [-0.1, -0.05) is 0 Å². The van der Waals surface area contributed by atoms with Crippen LogP contribution in [0.4, 0.5) is 11.5 Å². The second-order valence-corrected chi connectivity index (χ2v) is 6.00. The number of carbonyl (C=O) groups is 2. The number of nitrogens with one attached hydrogen (secondary N) is 1. The van der Waals surface area contributed by atoms with Gasteiger partial charge in [0.15, 0.2) is 5.82 Å². The van der Waals surface area contributed by atoms with Gasteiger partial charge < -0.3 is 15.2 Å². The second kappa shape index (κ2) is 7.87. The molecule has 3 aromatic rings. The molecule has 1 aromatic carbocycles. The summed E-state index contributed by atoms with van der Waals surface area (Å²) in [7, 11) is 0. The molecule has 0 aliphatic carbocycles. The summed E-state index contributed by atoms with van der Waals surface area (Å²) in [5, 5.41) is 16.4. The molecule has 0 radical (unpaired) electrons. The molecule has 0 unspecified atom stereocenters. The summed E-state index contributed by atoms with van der Waals surface area (Å²) in [6.07, 6.45) is 1.38. The minimum absolute atomic E-state index is 0.155. The third-order valence-corrected chi connectivity index (χ3v) is 3.87. The normalized spacial score (nSPS) is 10.5. The number of carboxylic acids is 1. The molecule has 2 N–H and O–H groups in total. The minimum atomic E-state index is -1.02. The molecule has 0 bridgehead atoms. The van der Waals surface area contributed by atoms with E-state index in [1.54, 1.807) is 23.7 Å². The number of aryl methyl sites for hydroxylation is 2. The Balaban J connectivity index is 2.01. The van der Waals surface area contributed by atoms with Crippen molar-refractivity contribution in [1.82, 2.24) is 19.7 Å². The van der Waals surface area contributed by atoms with Crippen LogP contribution in [0.5, 0.6) is 0 Å². The number of benzene rings is 1. The lowest BCUT2D eigenvalue weighted by molar-refractivity contribution is 0.0526. The number of hydrogen-bond acceptors (Lipinski definition) is 7. The van der Waals surface area contributed by atoms with E-state index in [0.717, 1.165) is 11.4 Å². The van der Waals surface area contributed by atoms with Gasteiger partial charge in [0, 0.05) is 17.6 Å². The fourth-order valence-electron chi connectivity index (χ4n) is 2.59. The molecule has 0 atom stereocenters. The van der Waals surface area contributed by atoms with Gasteiger partial charge in [0.05, 0.1) is 17.9 Å². The fourth-order valence-corrected chi connectivity index (χ4v) is 2.59. The van der Waals surface area contributed by atoms with E-state index >= 15 is 0 Å². The number of esters is 1. The number of hydrogen-bond donors (Lipinski definition) is 2. The van der Waals surface area contributed by atoms with E-state index in [9.17, 15) is 9.59 Å². The first kappa shape index (κ1) is 19.0. The first-order chi connectivity index (χ1) is 13.4. The number of rotatable bonds is 6. The average Bonchev–Trinajstić information content (AvgIpc) is 3.00. The molecule has 2 aromatic heterocycles. The van der Waals surface area contributed by atoms with Crippen LogP contribution in [0.1, 0.15) is 39.0 Å². The standard InChI is InChI=1S/C19H19N5O4/c1-4-28-18(27)15-10-20-19(24-12(3)9-11(2)23-24)22-16(15)21-14-7-5-13(6-8-14)17(25)26/h5-10H,4H2,1-3H3,(H,25,26)(H,20,21,22). The van der Waals surface area contributed by atoms with Gasteiger partial charge >= 0.3 is 11.9 Å². The smallest absolute Gasteiger partial charge is 0.343 e. The van der Waals surface area contributed by atoms with Gasteiger partial charge in [-0.15, -0.1) is 0 Å². The summed E-state index contributed by atoms with van der Waals surface area (Å²) in [5.41, 5.74) is 2.54. The van der Waals surface area contributed by atoms with Crippen LogP contribution in [-0.4, -0.2) is 43.4 Å². The molecule has 28 heavy (non-hydrogen) atoms. The highest BCUT2D eigenvalue weighted by atomic mass is 16.5. The maximum absolute atomic E-state index is 12.3. The van der Waals surface area contributed by atoms with Gasteiger partial charge in [-0.2, -0.15) is 10.1 Å². The predicted octanol–water partition coefficient (Wildman–Crippen LogP) is 2.90. The van der Waals surface area contributed by atoms with E-state index in [1.807, 2.05) is 19.9 Å². The van der Waals surface area contributed by atoms with E-state index in [-0.39, 0.29) is 23.6 Å². The Morgan fingerprint density at radius 1 is 1.21 bits per heavy atom. The highest BCUT2D eigenvalue weighted by Crippen LogP contribution is 2.21. The van der Waals surface area contributed by atoms with Crippen LogP contribution in [0.2, 0.25) is 0 Å². The fraction of sp³-hybridized carbons (Fsp3) is 0.211. The van der Waals surface area contributed by atoms with Crippen molar-refractivity contribution in [3.05, 3.63) is 59.0 Å². The Labute approximate surface area is 161 Å². The number of anilines is 2. The van der Waals surface area contributed by atoms with Crippen molar-refractivity contribution in [1.29, 1.82) is 0 Å². The van der Waals surface area contributed by atoms with E-state index in [0.29, 0.717) is 11.6 Å². The van der Waals surface area contributed by atoms with Crippen molar-refractivity contribution in [2.45, 2.75) is 20.8 Å². The van der Waals surface area contributed by atoms with Crippen LogP contribution < -0.4 is 5.32 Å².